The third kappa shape index (κ3) is 4.17. The molecule has 0 radical (unpaired) electrons. The average Bonchev–Trinajstić information content (AvgIpc) is 2.65. The number of benzene rings is 2. The third-order valence-electron chi connectivity index (χ3n) is 4.50. The minimum atomic E-state index is -3.84. The molecule has 1 aliphatic rings. The summed E-state index contributed by atoms with van der Waals surface area (Å²) in [5, 5.41) is 5.37. The van der Waals surface area contributed by atoms with Crippen LogP contribution in [0.5, 0.6) is 0 Å². The van der Waals surface area contributed by atoms with Crippen LogP contribution >= 0.6 is 0 Å². The first-order chi connectivity index (χ1) is 12.8. The van der Waals surface area contributed by atoms with Gasteiger partial charge < -0.3 is 10.6 Å². The molecule has 27 heavy (non-hydrogen) atoms. The zero-order valence-electron chi connectivity index (χ0n) is 15.2. The summed E-state index contributed by atoms with van der Waals surface area (Å²) in [6.45, 7) is 4.18. The first-order valence-corrected chi connectivity index (χ1v) is 9.97. The topological polar surface area (TPSA) is 95.6 Å². The number of hydrogen-bond donors (Lipinski definition) is 2. The largest absolute Gasteiger partial charge is 0.354 e. The van der Waals surface area contributed by atoms with Crippen LogP contribution in [0.15, 0.2) is 47.4 Å². The highest BCUT2D eigenvalue weighted by Gasteiger charge is 2.29. The van der Waals surface area contributed by atoms with Gasteiger partial charge in [-0.3, -0.25) is 9.59 Å². The second-order valence-corrected chi connectivity index (χ2v) is 8.41. The molecule has 0 aliphatic carbocycles. The van der Waals surface area contributed by atoms with E-state index in [2.05, 4.69) is 10.6 Å². The SMILES string of the molecule is Cc1ccc(NC(=O)c2cccc(S(=O)(=O)N3CCNC(=O)C3)c2)cc1C. The molecule has 3 rings (SSSR count). The molecule has 2 N–H and O–H groups in total. The molecule has 142 valence electrons. The summed E-state index contributed by atoms with van der Waals surface area (Å²) in [7, 11) is -3.84. The molecular formula is C19H21N3O4S. The molecule has 0 saturated carbocycles. The van der Waals surface area contributed by atoms with E-state index in [-0.39, 0.29) is 36.0 Å². The van der Waals surface area contributed by atoms with Crippen LogP contribution in [0.4, 0.5) is 5.69 Å². The molecule has 1 heterocycles. The van der Waals surface area contributed by atoms with E-state index in [4.69, 9.17) is 0 Å². The number of sulfonamides is 1. The van der Waals surface area contributed by atoms with Crippen molar-refractivity contribution in [2.24, 2.45) is 0 Å². The smallest absolute Gasteiger partial charge is 0.255 e. The fourth-order valence-electron chi connectivity index (χ4n) is 2.79. The lowest BCUT2D eigenvalue weighted by Crippen LogP contribution is -2.49. The predicted molar refractivity (Wildman–Crippen MR) is 102 cm³/mol. The van der Waals surface area contributed by atoms with E-state index in [0.717, 1.165) is 15.4 Å². The van der Waals surface area contributed by atoms with E-state index < -0.39 is 15.9 Å². The van der Waals surface area contributed by atoms with E-state index in [1.54, 1.807) is 12.1 Å². The summed E-state index contributed by atoms with van der Waals surface area (Å²) in [6.07, 6.45) is 0. The quantitative estimate of drug-likeness (QED) is 0.834. The van der Waals surface area contributed by atoms with Gasteiger partial charge in [-0.1, -0.05) is 12.1 Å². The van der Waals surface area contributed by atoms with E-state index in [0.29, 0.717) is 5.69 Å². The van der Waals surface area contributed by atoms with Crippen molar-refractivity contribution in [2.45, 2.75) is 18.7 Å². The van der Waals surface area contributed by atoms with Gasteiger partial charge in [0.1, 0.15) is 0 Å². The minimum absolute atomic E-state index is 0.00932. The first kappa shape index (κ1) is 19.1. The second-order valence-electron chi connectivity index (χ2n) is 6.47. The number of hydrogen-bond acceptors (Lipinski definition) is 4. The molecule has 7 nitrogen and oxygen atoms in total. The van der Waals surface area contributed by atoms with Crippen LogP contribution < -0.4 is 10.6 Å². The molecular weight excluding hydrogens is 366 g/mol. The van der Waals surface area contributed by atoms with Crippen molar-refractivity contribution >= 4 is 27.5 Å². The van der Waals surface area contributed by atoms with Crippen LogP contribution in [0.3, 0.4) is 0 Å². The number of amides is 2. The van der Waals surface area contributed by atoms with Gasteiger partial charge in [0.15, 0.2) is 0 Å². The minimum Gasteiger partial charge on any atom is -0.354 e. The number of piperazine rings is 1. The molecule has 2 aromatic carbocycles. The number of nitrogens with one attached hydrogen (secondary N) is 2. The van der Waals surface area contributed by atoms with Gasteiger partial charge in [0, 0.05) is 24.3 Å². The molecule has 0 atom stereocenters. The number of nitrogens with zero attached hydrogens (tertiary/aromatic N) is 1. The fourth-order valence-corrected chi connectivity index (χ4v) is 4.23. The van der Waals surface area contributed by atoms with Crippen molar-refractivity contribution in [2.75, 3.05) is 25.0 Å². The van der Waals surface area contributed by atoms with Crippen LogP contribution in [0.25, 0.3) is 0 Å². The molecule has 0 unspecified atom stereocenters. The Morgan fingerprint density at radius 2 is 1.89 bits per heavy atom. The zero-order valence-corrected chi connectivity index (χ0v) is 16.0. The van der Waals surface area contributed by atoms with Crippen LogP contribution in [0.2, 0.25) is 0 Å². The zero-order chi connectivity index (χ0) is 19.6. The highest BCUT2D eigenvalue weighted by molar-refractivity contribution is 7.89. The lowest BCUT2D eigenvalue weighted by atomic mass is 10.1. The lowest BCUT2D eigenvalue weighted by Gasteiger charge is -2.26. The molecule has 2 aromatic rings. The van der Waals surface area contributed by atoms with E-state index in [1.807, 2.05) is 26.0 Å². The highest BCUT2D eigenvalue weighted by Crippen LogP contribution is 2.19. The maximum atomic E-state index is 12.8. The summed E-state index contributed by atoms with van der Waals surface area (Å²) in [4.78, 5) is 24.0. The van der Waals surface area contributed by atoms with Gasteiger partial charge in [0.05, 0.1) is 11.4 Å². The van der Waals surface area contributed by atoms with E-state index in [9.17, 15) is 18.0 Å². The molecule has 1 fully saturated rings. The molecule has 8 heteroatoms. The lowest BCUT2D eigenvalue weighted by molar-refractivity contribution is -0.122. The molecule has 1 aliphatic heterocycles. The number of anilines is 1. The van der Waals surface area contributed by atoms with E-state index >= 15 is 0 Å². The van der Waals surface area contributed by atoms with Crippen molar-refractivity contribution in [1.29, 1.82) is 0 Å². The van der Waals surface area contributed by atoms with Gasteiger partial charge in [-0.15, -0.1) is 0 Å². The standard InChI is InChI=1S/C19H21N3O4S/c1-13-6-7-16(10-14(13)2)21-19(24)15-4-3-5-17(11-15)27(25,26)22-9-8-20-18(23)12-22/h3-7,10-11H,8-9,12H2,1-2H3,(H,20,23)(H,21,24). The Balaban J connectivity index is 1.83. The van der Waals surface area contributed by atoms with Gasteiger partial charge in [-0.05, 0) is 55.3 Å². The molecule has 0 aromatic heterocycles. The normalized spacial score (nSPS) is 15.3. The summed E-state index contributed by atoms with van der Waals surface area (Å²) >= 11 is 0. The van der Waals surface area contributed by atoms with E-state index in [1.165, 1.54) is 18.2 Å². The first-order valence-electron chi connectivity index (χ1n) is 8.53. The fraction of sp³-hybridized carbons (Fsp3) is 0.263. The Kier molecular flexibility index (Phi) is 5.29. The van der Waals surface area contributed by atoms with Gasteiger partial charge in [0.2, 0.25) is 15.9 Å². The van der Waals surface area contributed by atoms with Crippen molar-refractivity contribution in [3.8, 4) is 0 Å². The Morgan fingerprint density at radius 3 is 2.59 bits per heavy atom. The highest BCUT2D eigenvalue weighted by atomic mass is 32.2. The summed E-state index contributed by atoms with van der Waals surface area (Å²) in [5.41, 5.74) is 3.04. The number of carbonyl (C=O) groups excluding carboxylic acids is 2. The van der Waals surface area contributed by atoms with Gasteiger partial charge in [-0.2, -0.15) is 4.31 Å². The maximum Gasteiger partial charge on any atom is 0.255 e. The predicted octanol–water partition coefficient (Wildman–Crippen LogP) is 1.68. The monoisotopic (exact) mass is 387 g/mol. The summed E-state index contributed by atoms with van der Waals surface area (Å²) < 4.78 is 26.6. The van der Waals surface area contributed by atoms with Crippen LogP contribution in [-0.2, 0) is 14.8 Å². The molecule has 0 spiro atoms. The van der Waals surface area contributed by atoms with Crippen molar-refractivity contribution in [3.05, 3.63) is 59.2 Å². The van der Waals surface area contributed by atoms with Gasteiger partial charge in [0.25, 0.3) is 5.91 Å². The van der Waals surface area contributed by atoms with Crippen molar-refractivity contribution in [3.63, 3.8) is 0 Å². The van der Waals surface area contributed by atoms with Crippen molar-refractivity contribution in [1.82, 2.24) is 9.62 Å². The molecule has 0 bridgehead atoms. The summed E-state index contributed by atoms with van der Waals surface area (Å²) in [6, 6.07) is 11.4. The summed E-state index contributed by atoms with van der Waals surface area (Å²) in [5.74, 6) is -0.736. The number of rotatable bonds is 4. The third-order valence-corrected chi connectivity index (χ3v) is 6.34. The van der Waals surface area contributed by atoms with Gasteiger partial charge >= 0.3 is 0 Å². The average molecular weight is 387 g/mol. The molecule has 1 saturated heterocycles. The Bertz CT molecular complexity index is 1000. The van der Waals surface area contributed by atoms with Crippen LogP contribution in [0.1, 0.15) is 21.5 Å². The number of aryl methyl sites for hydroxylation is 2. The Morgan fingerprint density at radius 1 is 1.11 bits per heavy atom. The second kappa shape index (κ2) is 7.50. The molecule has 2 amide bonds. The number of carbonyl (C=O) groups is 2. The Labute approximate surface area is 158 Å². The van der Waals surface area contributed by atoms with Crippen molar-refractivity contribution < 1.29 is 18.0 Å². The van der Waals surface area contributed by atoms with Gasteiger partial charge in [-0.25, -0.2) is 8.42 Å². The maximum absolute atomic E-state index is 12.8. The van der Waals surface area contributed by atoms with Crippen LogP contribution in [-0.4, -0.2) is 44.2 Å². The van der Waals surface area contributed by atoms with Crippen LogP contribution in [0, 0.1) is 13.8 Å². The Hall–Kier alpha value is -2.71.